The molecule has 0 aromatic heterocycles. The molecule has 0 spiro atoms. The fraction of sp³-hybridized carbons (Fsp3) is 0.276. The van der Waals surface area contributed by atoms with Crippen LogP contribution in [0.2, 0.25) is 0 Å². The number of aromatic hydroxyl groups is 2. The van der Waals surface area contributed by atoms with Crippen molar-refractivity contribution < 1.29 is 24.1 Å². The molecule has 0 saturated carbocycles. The van der Waals surface area contributed by atoms with E-state index in [-0.39, 0.29) is 29.7 Å². The summed E-state index contributed by atoms with van der Waals surface area (Å²) in [5.41, 5.74) is 4.26. The van der Waals surface area contributed by atoms with Gasteiger partial charge in [-0.05, 0) is 54.0 Å². The summed E-state index contributed by atoms with van der Waals surface area (Å²) >= 11 is 0. The quantitative estimate of drug-likeness (QED) is 0.471. The van der Waals surface area contributed by atoms with E-state index in [9.17, 15) is 19.9 Å². The average Bonchev–Trinajstić information content (AvgIpc) is 2.85. The fourth-order valence-electron chi connectivity index (χ4n) is 4.84. The maximum atomic E-state index is 12.6. The smallest absolute Gasteiger partial charge is 0.150 e. The topological polar surface area (TPSA) is 86.0 Å². The van der Waals surface area contributed by atoms with Crippen LogP contribution in [0.15, 0.2) is 60.7 Å². The van der Waals surface area contributed by atoms with Crippen LogP contribution in [-0.2, 0) is 0 Å². The van der Waals surface area contributed by atoms with Gasteiger partial charge in [0.2, 0.25) is 0 Å². The molecule has 36 heavy (non-hydrogen) atoms. The largest absolute Gasteiger partial charge is 0.508 e. The van der Waals surface area contributed by atoms with E-state index in [0.717, 1.165) is 47.7 Å². The van der Waals surface area contributed by atoms with Crippen LogP contribution in [0.4, 0.5) is 4.39 Å². The highest BCUT2D eigenvalue weighted by molar-refractivity contribution is 5.96. The number of allylic oxidation sites excluding steroid dienone is 1. The van der Waals surface area contributed by atoms with Gasteiger partial charge < -0.3 is 19.7 Å². The Morgan fingerprint density at radius 3 is 2.58 bits per heavy atom. The van der Waals surface area contributed by atoms with E-state index in [2.05, 4.69) is 4.90 Å². The highest BCUT2D eigenvalue weighted by atomic mass is 19.1. The molecule has 3 aromatic rings. The summed E-state index contributed by atoms with van der Waals surface area (Å²) in [5.74, 6) is 1.44. The Morgan fingerprint density at radius 2 is 1.89 bits per heavy atom. The van der Waals surface area contributed by atoms with Crippen molar-refractivity contribution in [3.63, 3.8) is 0 Å². The molecule has 7 heteroatoms. The van der Waals surface area contributed by atoms with Gasteiger partial charge in [-0.25, -0.2) is 0 Å². The maximum Gasteiger partial charge on any atom is 0.150 e. The van der Waals surface area contributed by atoms with Crippen molar-refractivity contribution in [2.75, 3.05) is 32.9 Å². The van der Waals surface area contributed by atoms with Gasteiger partial charge in [-0.3, -0.25) is 9.29 Å². The molecular weight excluding hydrogens is 459 g/mol. The molecule has 1 fully saturated rings. The first-order valence-electron chi connectivity index (χ1n) is 11.9. The maximum absolute atomic E-state index is 12.6. The second-order valence-electron chi connectivity index (χ2n) is 9.26. The number of hydrogen-bond donors (Lipinski definition) is 2. The average molecular weight is 487 g/mol. The van der Waals surface area contributed by atoms with Gasteiger partial charge in [0.1, 0.15) is 41.8 Å². The van der Waals surface area contributed by atoms with E-state index < -0.39 is 6.10 Å². The molecule has 2 aliphatic rings. The van der Waals surface area contributed by atoms with Crippen LogP contribution >= 0.6 is 0 Å². The highest BCUT2D eigenvalue weighted by Gasteiger charge is 2.31. The van der Waals surface area contributed by atoms with Crippen molar-refractivity contribution in [2.45, 2.75) is 13.0 Å². The first-order chi connectivity index (χ1) is 17.5. The van der Waals surface area contributed by atoms with E-state index in [1.807, 2.05) is 43.3 Å². The number of ether oxygens (including phenoxy) is 2. The minimum Gasteiger partial charge on any atom is -0.508 e. The Labute approximate surface area is 209 Å². The Balaban J connectivity index is 1.42. The normalized spacial score (nSPS) is 17.6. The molecule has 184 valence electrons. The number of phenolic OH excluding ortho intramolecular Hbond substituents is 2. The zero-order valence-corrected chi connectivity index (χ0v) is 19.9. The second-order valence-corrected chi connectivity index (χ2v) is 9.26. The van der Waals surface area contributed by atoms with E-state index in [4.69, 9.17) is 9.47 Å². The van der Waals surface area contributed by atoms with Crippen LogP contribution in [0.5, 0.6) is 23.0 Å². The number of rotatable bonds is 7. The first-order valence-corrected chi connectivity index (χ1v) is 11.9. The molecule has 1 saturated heterocycles. The van der Waals surface area contributed by atoms with Crippen molar-refractivity contribution in [1.82, 2.24) is 4.90 Å². The van der Waals surface area contributed by atoms with Gasteiger partial charge in [-0.15, -0.1) is 0 Å². The SMILES string of the molecule is CC1=C(c2cccc(O)c2)C(c2ccc(OCCN3CC(CF)C3)cc2)Oc2cc(C#N)c(O)cc21. The van der Waals surface area contributed by atoms with Crippen molar-refractivity contribution >= 4 is 11.1 Å². The predicted octanol–water partition coefficient (Wildman–Crippen LogP) is 5.31. The predicted molar refractivity (Wildman–Crippen MR) is 135 cm³/mol. The van der Waals surface area contributed by atoms with Crippen molar-refractivity contribution in [2.24, 2.45) is 5.92 Å². The zero-order valence-electron chi connectivity index (χ0n) is 19.9. The lowest BCUT2D eigenvalue weighted by Crippen LogP contribution is -2.49. The first kappa shape index (κ1) is 23.7. The Hall–Kier alpha value is -4.02. The number of hydrogen-bond acceptors (Lipinski definition) is 6. The van der Waals surface area contributed by atoms with Gasteiger partial charge in [-0.2, -0.15) is 5.26 Å². The third kappa shape index (κ3) is 4.60. The lowest BCUT2D eigenvalue weighted by Gasteiger charge is -2.37. The monoisotopic (exact) mass is 486 g/mol. The number of halogens is 1. The number of likely N-dealkylation sites (tertiary alicyclic amines) is 1. The molecular formula is C29H27FN2O4. The summed E-state index contributed by atoms with van der Waals surface area (Å²) in [6.45, 7) is 4.55. The Kier molecular flexibility index (Phi) is 6.53. The number of nitriles is 1. The van der Waals surface area contributed by atoms with E-state index in [0.29, 0.717) is 17.9 Å². The third-order valence-electron chi connectivity index (χ3n) is 6.80. The molecule has 1 unspecified atom stereocenters. The number of alkyl halides is 1. The van der Waals surface area contributed by atoms with Crippen molar-refractivity contribution in [3.05, 3.63) is 82.9 Å². The molecule has 0 aliphatic carbocycles. The van der Waals surface area contributed by atoms with Crippen molar-refractivity contribution in [3.8, 4) is 29.1 Å². The van der Waals surface area contributed by atoms with Crippen molar-refractivity contribution in [1.29, 1.82) is 5.26 Å². The van der Waals surface area contributed by atoms with Gasteiger partial charge in [-0.1, -0.05) is 24.3 Å². The van der Waals surface area contributed by atoms with Crippen LogP contribution in [0.1, 0.15) is 35.3 Å². The third-order valence-corrected chi connectivity index (χ3v) is 6.80. The van der Waals surface area contributed by atoms with E-state index in [1.165, 1.54) is 0 Å². The van der Waals surface area contributed by atoms with Crippen LogP contribution in [-0.4, -0.2) is 48.0 Å². The van der Waals surface area contributed by atoms with Gasteiger partial charge >= 0.3 is 0 Å². The molecule has 0 amide bonds. The number of benzene rings is 3. The van der Waals surface area contributed by atoms with Crippen LogP contribution in [0, 0.1) is 17.2 Å². The minimum atomic E-state index is -0.497. The molecule has 2 aliphatic heterocycles. The molecule has 0 radical (unpaired) electrons. The summed E-state index contributed by atoms with van der Waals surface area (Å²) in [5, 5.41) is 29.8. The fourth-order valence-corrected chi connectivity index (χ4v) is 4.84. The summed E-state index contributed by atoms with van der Waals surface area (Å²) in [6, 6.07) is 19.7. The number of nitrogens with zero attached hydrogens (tertiary/aromatic N) is 2. The van der Waals surface area contributed by atoms with Gasteiger partial charge in [0.15, 0.2) is 0 Å². The molecule has 2 N–H and O–H groups in total. The standard InChI is InChI=1S/C29H27FN2O4/c1-18-25-13-26(34)22(15-31)12-27(25)36-29(28(18)21-3-2-4-23(33)11-21)20-5-7-24(8-6-20)35-10-9-32-16-19(14-30)17-32/h2-8,11-13,19,29,33-34H,9-10,14,16-17H2,1H3. The molecule has 3 aromatic carbocycles. The highest BCUT2D eigenvalue weighted by Crippen LogP contribution is 2.48. The summed E-state index contributed by atoms with van der Waals surface area (Å²) in [6.07, 6.45) is -0.497. The number of phenols is 2. The molecule has 6 nitrogen and oxygen atoms in total. The zero-order chi connectivity index (χ0) is 25.2. The van der Waals surface area contributed by atoms with E-state index >= 15 is 0 Å². The lowest BCUT2D eigenvalue weighted by atomic mass is 9.85. The summed E-state index contributed by atoms with van der Waals surface area (Å²) in [4.78, 5) is 2.17. The van der Waals surface area contributed by atoms with Crippen LogP contribution < -0.4 is 9.47 Å². The Morgan fingerprint density at radius 1 is 1.11 bits per heavy atom. The summed E-state index contributed by atoms with van der Waals surface area (Å²) < 4.78 is 24.9. The lowest BCUT2D eigenvalue weighted by molar-refractivity contribution is 0.0668. The van der Waals surface area contributed by atoms with E-state index in [1.54, 1.807) is 30.3 Å². The second kappa shape index (κ2) is 9.92. The van der Waals surface area contributed by atoms with Gasteiger partial charge in [0, 0.05) is 42.8 Å². The molecule has 2 heterocycles. The molecule has 0 bridgehead atoms. The van der Waals surface area contributed by atoms with Crippen LogP contribution in [0.25, 0.3) is 11.1 Å². The molecule has 1 atom stereocenters. The van der Waals surface area contributed by atoms with Gasteiger partial charge in [0.25, 0.3) is 0 Å². The van der Waals surface area contributed by atoms with Crippen LogP contribution in [0.3, 0.4) is 0 Å². The Bertz CT molecular complexity index is 1340. The summed E-state index contributed by atoms with van der Waals surface area (Å²) in [7, 11) is 0. The molecule has 5 rings (SSSR count). The number of fused-ring (bicyclic) bond motifs is 1. The minimum absolute atomic E-state index is 0.104. The van der Waals surface area contributed by atoms with Gasteiger partial charge in [0.05, 0.1) is 12.2 Å².